The lowest BCUT2D eigenvalue weighted by Gasteiger charge is -2.21. The molecular formula is C22H19NO2S2. The Kier molecular flexibility index (Phi) is 5.61. The first-order valence-corrected chi connectivity index (χ1v) is 10.6. The predicted molar refractivity (Wildman–Crippen MR) is 112 cm³/mol. The van der Waals surface area contributed by atoms with Gasteiger partial charge in [-0.3, -0.25) is 4.79 Å². The number of thioether (sulfide) groups is 1. The Hall–Kier alpha value is -2.50. The van der Waals surface area contributed by atoms with Crippen molar-refractivity contribution in [2.75, 3.05) is 5.75 Å². The maximum absolute atomic E-state index is 12.9. The van der Waals surface area contributed by atoms with Gasteiger partial charge in [0.2, 0.25) is 5.91 Å². The monoisotopic (exact) mass is 393 g/mol. The fourth-order valence-corrected chi connectivity index (χ4v) is 4.47. The van der Waals surface area contributed by atoms with Gasteiger partial charge < -0.3 is 9.32 Å². The van der Waals surface area contributed by atoms with Crippen LogP contribution >= 0.6 is 23.1 Å². The zero-order chi connectivity index (χ0) is 18.5. The SMILES string of the molecule is O=C(CSc1ccc2ccccc2c1)N(Cc1ccco1)Cc1cccs1. The first kappa shape index (κ1) is 17.9. The van der Waals surface area contributed by atoms with Crippen molar-refractivity contribution >= 4 is 39.8 Å². The molecule has 0 atom stereocenters. The van der Waals surface area contributed by atoms with E-state index in [0.717, 1.165) is 10.7 Å². The summed E-state index contributed by atoms with van der Waals surface area (Å²) in [6.07, 6.45) is 1.65. The molecule has 2 aromatic heterocycles. The molecule has 2 aromatic carbocycles. The van der Waals surface area contributed by atoms with Crippen LogP contribution in [0.5, 0.6) is 0 Å². The fraction of sp³-hybridized carbons (Fsp3) is 0.136. The number of hydrogen-bond donors (Lipinski definition) is 0. The van der Waals surface area contributed by atoms with Crippen molar-refractivity contribution in [2.45, 2.75) is 18.0 Å². The molecule has 5 heteroatoms. The molecule has 2 heterocycles. The molecule has 0 unspecified atom stereocenters. The number of amides is 1. The summed E-state index contributed by atoms with van der Waals surface area (Å²) >= 11 is 3.24. The van der Waals surface area contributed by atoms with Crippen LogP contribution in [0.3, 0.4) is 0 Å². The molecule has 0 fully saturated rings. The molecule has 0 bridgehead atoms. The van der Waals surface area contributed by atoms with Crippen molar-refractivity contribution in [2.24, 2.45) is 0 Å². The van der Waals surface area contributed by atoms with Crippen molar-refractivity contribution < 1.29 is 9.21 Å². The minimum Gasteiger partial charge on any atom is -0.467 e. The molecule has 4 rings (SSSR count). The van der Waals surface area contributed by atoms with Gasteiger partial charge in [-0.15, -0.1) is 23.1 Å². The van der Waals surface area contributed by atoms with Crippen LogP contribution in [0.1, 0.15) is 10.6 Å². The summed E-state index contributed by atoms with van der Waals surface area (Å²) in [6, 6.07) is 22.4. The second kappa shape index (κ2) is 8.46. The summed E-state index contributed by atoms with van der Waals surface area (Å²) in [6.45, 7) is 1.09. The molecule has 0 N–H and O–H groups in total. The maximum atomic E-state index is 12.9. The van der Waals surface area contributed by atoms with E-state index in [2.05, 4.69) is 36.4 Å². The summed E-state index contributed by atoms with van der Waals surface area (Å²) in [7, 11) is 0. The molecule has 27 heavy (non-hydrogen) atoms. The van der Waals surface area contributed by atoms with Gasteiger partial charge in [0.25, 0.3) is 0 Å². The Morgan fingerprint density at radius 2 is 1.85 bits per heavy atom. The van der Waals surface area contributed by atoms with Gasteiger partial charge in [-0.2, -0.15) is 0 Å². The first-order valence-electron chi connectivity index (χ1n) is 8.72. The van der Waals surface area contributed by atoms with Gasteiger partial charge in [0.15, 0.2) is 0 Å². The van der Waals surface area contributed by atoms with Crippen LogP contribution in [-0.2, 0) is 17.9 Å². The normalized spacial score (nSPS) is 11.0. The molecule has 0 spiro atoms. The molecule has 4 aromatic rings. The van der Waals surface area contributed by atoms with Crippen LogP contribution in [0.4, 0.5) is 0 Å². The van der Waals surface area contributed by atoms with E-state index in [9.17, 15) is 4.79 Å². The number of furan rings is 1. The van der Waals surface area contributed by atoms with Gasteiger partial charge in [0.1, 0.15) is 5.76 Å². The van der Waals surface area contributed by atoms with Crippen LogP contribution in [0.15, 0.2) is 87.7 Å². The lowest BCUT2D eigenvalue weighted by atomic mass is 10.1. The largest absolute Gasteiger partial charge is 0.467 e. The number of thiophene rings is 1. The van der Waals surface area contributed by atoms with E-state index in [4.69, 9.17) is 4.42 Å². The fourth-order valence-electron chi connectivity index (χ4n) is 2.91. The van der Waals surface area contributed by atoms with Crippen molar-refractivity contribution in [3.63, 3.8) is 0 Å². The number of carbonyl (C=O) groups is 1. The van der Waals surface area contributed by atoms with E-state index in [1.54, 1.807) is 29.4 Å². The Labute approximate surface area is 166 Å². The van der Waals surface area contributed by atoms with E-state index < -0.39 is 0 Å². The van der Waals surface area contributed by atoms with E-state index >= 15 is 0 Å². The third kappa shape index (κ3) is 4.62. The van der Waals surface area contributed by atoms with E-state index in [0.29, 0.717) is 18.8 Å². The quantitative estimate of drug-likeness (QED) is 0.371. The average molecular weight is 394 g/mol. The zero-order valence-corrected chi connectivity index (χ0v) is 16.3. The molecule has 0 saturated carbocycles. The molecule has 0 aliphatic rings. The predicted octanol–water partition coefficient (Wildman–Crippen LogP) is 5.82. The molecule has 0 saturated heterocycles. The summed E-state index contributed by atoms with van der Waals surface area (Å²) in [5.41, 5.74) is 0. The van der Waals surface area contributed by atoms with E-state index in [-0.39, 0.29) is 5.91 Å². The van der Waals surface area contributed by atoms with Crippen LogP contribution in [-0.4, -0.2) is 16.6 Å². The summed E-state index contributed by atoms with van der Waals surface area (Å²) in [5.74, 6) is 1.32. The molecule has 136 valence electrons. The van der Waals surface area contributed by atoms with Crippen molar-refractivity contribution in [1.82, 2.24) is 4.90 Å². The molecule has 0 aliphatic heterocycles. The van der Waals surface area contributed by atoms with E-state index in [1.807, 2.05) is 40.6 Å². The lowest BCUT2D eigenvalue weighted by molar-refractivity contribution is -0.129. The highest BCUT2D eigenvalue weighted by Gasteiger charge is 2.17. The van der Waals surface area contributed by atoms with Crippen LogP contribution in [0.2, 0.25) is 0 Å². The van der Waals surface area contributed by atoms with Gasteiger partial charge in [-0.25, -0.2) is 0 Å². The maximum Gasteiger partial charge on any atom is 0.233 e. The smallest absolute Gasteiger partial charge is 0.233 e. The van der Waals surface area contributed by atoms with Gasteiger partial charge in [-0.1, -0.05) is 36.4 Å². The van der Waals surface area contributed by atoms with Crippen LogP contribution in [0, 0.1) is 0 Å². The molecular weight excluding hydrogens is 374 g/mol. The summed E-state index contributed by atoms with van der Waals surface area (Å²) < 4.78 is 5.45. The summed E-state index contributed by atoms with van der Waals surface area (Å²) in [5, 5.41) is 4.45. The Bertz CT molecular complexity index is 974. The van der Waals surface area contributed by atoms with Crippen molar-refractivity contribution in [3.8, 4) is 0 Å². The summed E-state index contributed by atoms with van der Waals surface area (Å²) in [4.78, 5) is 17.0. The minimum absolute atomic E-state index is 0.109. The highest BCUT2D eigenvalue weighted by Crippen LogP contribution is 2.25. The first-order chi connectivity index (χ1) is 13.3. The van der Waals surface area contributed by atoms with Crippen molar-refractivity contribution in [1.29, 1.82) is 0 Å². The van der Waals surface area contributed by atoms with Gasteiger partial charge in [-0.05, 0) is 46.5 Å². The second-order valence-corrected chi connectivity index (χ2v) is 8.29. The number of nitrogens with zero attached hydrogens (tertiary/aromatic N) is 1. The molecule has 0 radical (unpaired) electrons. The van der Waals surface area contributed by atoms with Gasteiger partial charge >= 0.3 is 0 Å². The standard InChI is InChI=1S/C22H19NO2S2/c24-22(16-27-20-10-9-17-5-1-2-6-18(17)13-20)23(14-19-7-3-11-25-19)15-21-8-4-12-26-21/h1-13H,14-16H2. The zero-order valence-electron chi connectivity index (χ0n) is 14.7. The Morgan fingerprint density at radius 3 is 2.63 bits per heavy atom. The third-order valence-corrected chi connectivity index (χ3v) is 6.13. The number of hydrogen-bond acceptors (Lipinski definition) is 4. The minimum atomic E-state index is 0.109. The second-order valence-electron chi connectivity index (χ2n) is 6.21. The Balaban J connectivity index is 1.45. The molecule has 0 aliphatic carbocycles. The highest BCUT2D eigenvalue weighted by atomic mass is 32.2. The Morgan fingerprint density at radius 1 is 0.963 bits per heavy atom. The van der Waals surface area contributed by atoms with Gasteiger partial charge in [0.05, 0.1) is 25.1 Å². The van der Waals surface area contributed by atoms with E-state index in [1.165, 1.54) is 15.6 Å². The average Bonchev–Trinajstić information content (AvgIpc) is 3.39. The highest BCUT2D eigenvalue weighted by molar-refractivity contribution is 8.00. The number of carbonyl (C=O) groups excluding carboxylic acids is 1. The number of benzene rings is 2. The van der Waals surface area contributed by atoms with Crippen LogP contribution in [0.25, 0.3) is 10.8 Å². The third-order valence-electron chi connectivity index (χ3n) is 4.29. The number of fused-ring (bicyclic) bond motifs is 1. The molecule has 1 amide bonds. The topological polar surface area (TPSA) is 33.5 Å². The van der Waals surface area contributed by atoms with Crippen LogP contribution < -0.4 is 0 Å². The van der Waals surface area contributed by atoms with Crippen molar-refractivity contribution in [3.05, 3.63) is 89.0 Å². The van der Waals surface area contributed by atoms with Gasteiger partial charge in [0, 0.05) is 9.77 Å². The molecule has 3 nitrogen and oxygen atoms in total. The number of rotatable bonds is 7. The lowest BCUT2D eigenvalue weighted by Crippen LogP contribution is -2.31.